The molecule has 2 fully saturated rings. The summed E-state index contributed by atoms with van der Waals surface area (Å²) < 4.78 is 20.5. The Morgan fingerprint density at radius 3 is 2.63 bits per heavy atom. The number of hydrogen-bond donors (Lipinski definition) is 2. The summed E-state index contributed by atoms with van der Waals surface area (Å²) in [4.78, 5) is 25.8. The van der Waals surface area contributed by atoms with Crippen LogP contribution < -0.4 is 15.4 Å². The first-order valence-electron chi connectivity index (χ1n) is 8.99. The van der Waals surface area contributed by atoms with Gasteiger partial charge in [0.25, 0.3) is 0 Å². The lowest BCUT2D eigenvalue weighted by atomic mass is 9.62. The topological polar surface area (TPSA) is 92.9 Å². The van der Waals surface area contributed by atoms with Crippen molar-refractivity contribution in [1.82, 2.24) is 0 Å². The number of aliphatic carboxylic acids is 1. The van der Waals surface area contributed by atoms with Crippen LogP contribution in [0.4, 0.5) is 10.1 Å². The number of carboxylic acid groups (broad SMARTS) is 1. The Hall–Kier alpha value is -2.41. The molecule has 0 amide bonds. The Morgan fingerprint density at radius 1 is 1.48 bits per heavy atom. The van der Waals surface area contributed by atoms with Crippen LogP contribution in [0.25, 0.3) is 0 Å². The molecule has 0 radical (unpaired) electrons. The van der Waals surface area contributed by atoms with E-state index in [0.717, 1.165) is 12.5 Å². The molecule has 1 saturated carbocycles. The fourth-order valence-corrected chi connectivity index (χ4v) is 4.66. The number of ether oxygens (including phenoxy) is 1. The van der Waals surface area contributed by atoms with Crippen molar-refractivity contribution in [3.63, 3.8) is 0 Å². The van der Waals surface area contributed by atoms with E-state index in [4.69, 9.17) is 10.5 Å². The predicted octanol–water partition coefficient (Wildman–Crippen LogP) is 2.53. The first kappa shape index (κ1) is 19.4. The molecule has 2 aliphatic rings. The lowest BCUT2D eigenvalue weighted by Gasteiger charge is -2.46. The maximum Gasteiger partial charge on any atom is 0.339 e. The molecule has 1 aliphatic carbocycles. The number of halogens is 1. The van der Waals surface area contributed by atoms with Gasteiger partial charge in [-0.05, 0) is 38.2 Å². The fourth-order valence-electron chi connectivity index (χ4n) is 4.66. The average Bonchev–Trinajstić information content (AvgIpc) is 2.86. The Kier molecular flexibility index (Phi) is 4.76. The third-order valence-corrected chi connectivity index (χ3v) is 6.02. The second kappa shape index (κ2) is 6.64. The summed E-state index contributed by atoms with van der Waals surface area (Å²) in [5.41, 5.74) is 6.41. The molecule has 3 atom stereocenters. The highest BCUT2D eigenvalue weighted by atomic mass is 19.1. The number of nitrogens with zero attached hydrogens (tertiary/aromatic N) is 1. The zero-order valence-electron chi connectivity index (χ0n) is 16.0. The first-order valence-corrected chi connectivity index (χ1v) is 8.99. The Bertz CT molecular complexity index is 851. The van der Waals surface area contributed by atoms with Gasteiger partial charge in [-0.3, -0.25) is 4.79 Å². The Balaban J connectivity index is 2.05. The van der Waals surface area contributed by atoms with Gasteiger partial charge in [-0.1, -0.05) is 13.0 Å². The van der Waals surface area contributed by atoms with Crippen LogP contribution in [0.1, 0.15) is 36.2 Å². The van der Waals surface area contributed by atoms with E-state index >= 15 is 4.39 Å². The van der Waals surface area contributed by atoms with Crippen molar-refractivity contribution in [3.8, 4) is 5.75 Å². The molecule has 27 heavy (non-hydrogen) atoms. The summed E-state index contributed by atoms with van der Waals surface area (Å²) in [6.45, 7) is 6.39. The van der Waals surface area contributed by atoms with E-state index < -0.39 is 23.1 Å². The minimum absolute atomic E-state index is 0.0124. The van der Waals surface area contributed by atoms with Crippen molar-refractivity contribution in [2.24, 2.45) is 17.6 Å². The van der Waals surface area contributed by atoms with Crippen LogP contribution in [0.5, 0.6) is 5.75 Å². The number of Topliss-reactive ketones (excluding diaryl/α,β-unsaturated/α-hetero) is 1. The van der Waals surface area contributed by atoms with Crippen LogP contribution in [-0.4, -0.2) is 42.6 Å². The van der Waals surface area contributed by atoms with Gasteiger partial charge < -0.3 is 20.5 Å². The third-order valence-electron chi connectivity index (χ3n) is 6.02. The van der Waals surface area contributed by atoms with Gasteiger partial charge in [0.2, 0.25) is 5.78 Å². The summed E-state index contributed by atoms with van der Waals surface area (Å²) in [6.07, 6.45) is 2.11. The van der Waals surface area contributed by atoms with Crippen LogP contribution in [0, 0.1) is 24.6 Å². The summed E-state index contributed by atoms with van der Waals surface area (Å²) in [5, 5.41) is 9.20. The number of ketones is 1. The Morgan fingerprint density at radius 2 is 2.15 bits per heavy atom. The molecule has 1 aromatic carbocycles. The molecular formula is C20H25FN2O4. The number of carboxylic acids is 1. The molecule has 1 saturated heterocycles. The number of anilines is 1. The Labute approximate surface area is 157 Å². The van der Waals surface area contributed by atoms with E-state index in [-0.39, 0.29) is 22.5 Å². The molecule has 1 heterocycles. The number of benzene rings is 1. The van der Waals surface area contributed by atoms with Crippen LogP contribution in [0.3, 0.4) is 0 Å². The molecular weight excluding hydrogens is 351 g/mol. The first-order chi connectivity index (χ1) is 12.6. The SMILES string of the molecule is C/C=C(/C(=O)O)C(=O)c1cc(F)c(N2C[C@@H]3[C@@H](C)C[C@]3(N)C2)c(OC)c1C. The van der Waals surface area contributed by atoms with Crippen LogP contribution in [0.15, 0.2) is 17.7 Å². The lowest BCUT2D eigenvalue weighted by Crippen LogP contribution is -2.59. The summed E-state index contributed by atoms with van der Waals surface area (Å²) >= 11 is 0. The molecule has 146 valence electrons. The maximum atomic E-state index is 15.1. The molecule has 0 bridgehead atoms. The second-order valence-electron chi connectivity index (χ2n) is 7.65. The van der Waals surface area contributed by atoms with Gasteiger partial charge in [-0.25, -0.2) is 9.18 Å². The summed E-state index contributed by atoms with van der Waals surface area (Å²) in [7, 11) is 1.42. The van der Waals surface area contributed by atoms with Gasteiger partial charge in [0, 0.05) is 29.8 Å². The van der Waals surface area contributed by atoms with Gasteiger partial charge in [0.1, 0.15) is 17.0 Å². The van der Waals surface area contributed by atoms with Crippen LogP contribution >= 0.6 is 0 Å². The normalized spacial score (nSPS) is 27.2. The molecule has 1 aliphatic heterocycles. The van der Waals surface area contributed by atoms with E-state index in [9.17, 15) is 14.7 Å². The van der Waals surface area contributed by atoms with Gasteiger partial charge >= 0.3 is 5.97 Å². The monoisotopic (exact) mass is 376 g/mol. The zero-order valence-corrected chi connectivity index (χ0v) is 16.0. The molecule has 0 unspecified atom stereocenters. The van der Waals surface area contributed by atoms with E-state index in [1.54, 1.807) is 6.92 Å². The smallest absolute Gasteiger partial charge is 0.339 e. The predicted molar refractivity (Wildman–Crippen MR) is 99.8 cm³/mol. The maximum absolute atomic E-state index is 15.1. The van der Waals surface area contributed by atoms with Gasteiger partial charge in [0.05, 0.1) is 7.11 Å². The number of fused-ring (bicyclic) bond motifs is 1. The van der Waals surface area contributed by atoms with E-state index in [1.807, 2.05) is 4.90 Å². The van der Waals surface area contributed by atoms with Crippen molar-refractivity contribution >= 4 is 17.4 Å². The van der Waals surface area contributed by atoms with Crippen LogP contribution in [0.2, 0.25) is 0 Å². The van der Waals surface area contributed by atoms with Gasteiger partial charge in [0.15, 0.2) is 5.82 Å². The molecule has 0 aromatic heterocycles. The third kappa shape index (κ3) is 2.90. The molecule has 7 heteroatoms. The minimum Gasteiger partial charge on any atom is -0.494 e. The summed E-state index contributed by atoms with van der Waals surface area (Å²) in [5.74, 6) is -1.66. The fraction of sp³-hybridized carbons (Fsp3) is 0.500. The van der Waals surface area contributed by atoms with Crippen molar-refractivity contribution in [3.05, 3.63) is 34.7 Å². The number of allylic oxidation sites excluding steroid dienone is 1. The van der Waals surface area contributed by atoms with Crippen molar-refractivity contribution in [2.75, 3.05) is 25.1 Å². The van der Waals surface area contributed by atoms with E-state index in [2.05, 4.69) is 6.92 Å². The minimum atomic E-state index is -1.35. The number of carbonyl (C=O) groups excluding carboxylic acids is 1. The highest BCUT2D eigenvalue weighted by Crippen LogP contribution is 2.50. The molecule has 0 spiro atoms. The molecule has 6 nitrogen and oxygen atoms in total. The largest absolute Gasteiger partial charge is 0.494 e. The number of methoxy groups -OCH3 is 1. The zero-order chi connectivity index (χ0) is 20.1. The van der Waals surface area contributed by atoms with E-state index in [1.165, 1.54) is 20.1 Å². The van der Waals surface area contributed by atoms with Crippen molar-refractivity contribution in [2.45, 2.75) is 32.7 Å². The summed E-state index contributed by atoms with van der Waals surface area (Å²) in [6, 6.07) is 1.11. The highest BCUT2D eigenvalue weighted by Gasteiger charge is 2.55. The highest BCUT2D eigenvalue weighted by molar-refractivity contribution is 6.24. The van der Waals surface area contributed by atoms with Crippen molar-refractivity contribution in [1.29, 1.82) is 0 Å². The number of rotatable bonds is 5. The van der Waals surface area contributed by atoms with Gasteiger partial charge in [-0.2, -0.15) is 0 Å². The average molecular weight is 376 g/mol. The molecule has 3 rings (SSSR count). The molecule has 1 aromatic rings. The van der Waals surface area contributed by atoms with Crippen molar-refractivity contribution < 1.29 is 23.8 Å². The van der Waals surface area contributed by atoms with Gasteiger partial charge in [-0.15, -0.1) is 0 Å². The second-order valence-corrected chi connectivity index (χ2v) is 7.65. The van der Waals surface area contributed by atoms with E-state index in [0.29, 0.717) is 30.5 Å². The van der Waals surface area contributed by atoms with Crippen LogP contribution in [-0.2, 0) is 4.79 Å². The quantitative estimate of drug-likeness (QED) is 0.355. The molecule has 3 N–H and O–H groups in total. The number of hydrogen-bond acceptors (Lipinski definition) is 5. The number of nitrogens with two attached hydrogens (primary N) is 1. The standard InChI is InChI=1S/C20H25FN2O4/c1-5-12(19(25)26)17(24)13-6-15(21)16(18(27-4)11(13)3)23-8-14-10(2)7-20(14,22)9-23/h5-6,10,14H,7-9,22H2,1-4H3,(H,25,26)/b12-5+/t10-,14+,20-/m0/s1. The lowest BCUT2D eigenvalue weighted by molar-refractivity contribution is -0.132. The number of carbonyl (C=O) groups is 2.